The molecule has 3 N–H and O–H groups in total. The number of anilines is 2. The third-order valence-corrected chi connectivity index (χ3v) is 3.61. The van der Waals surface area contributed by atoms with Gasteiger partial charge in [0, 0.05) is 23.3 Å². The van der Waals surface area contributed by atoms with Crippen LogP contribution >= 0.6 is 0 Å². The minimum Gasteiger partial charge on any atom is -0.326 e. The fraction of sp³-hybridized carbons (Fsp3) is 0.500. The van der Waals surface area contributed by atoms with Crippen LogP contribution in [0.25, 0.3) is 0 Å². The zero-order valence-electron chi connectivity index (χ0n) is 12.6. The Kier molecular flexibility index (Phi) is 5.33. The fourth-order valence-corrected chi connectivity index (χ4v) is 1.84. The molecule has 1 saturated carbocycles. The van der Waals surface area contributed by atoms with Crippen LogP contribution in [-0.4, -0.2) is 24.4 Å². The van der Waals surface area contributed by atoms with Crippen LogP contribution in [0, 0.1) is 5.92 Å². The second-order valence-electron chi connectivity index (χ2n) is 5.58. The molecular weight excluding hydrogens is 266 g/mol. The van der Waals surface area contributed by atoms with Gasteiger partial charge in [0.15, 0.2) is 0 Å². The van der Waals surface area contributed by atoms with Crippen LogP contribution in [0.4, 0.5) is 11.4 Å². The van der Waals surface area contributed by atoms with Crippen molar-refractivity contribution in [2.75, 3.05) is 17.2 Å². The standard InChI is InChI=1S/C16H23N3O2/c1-3-11(2)17-10-15(20)18-13-6-8-14(9-7-13)19-16(21)12-4-5-12/h6-9,11-12,17H,3-5,10H2,1-2H3,(H,18,20)(H,19,21). The summed E-state index contributed by atoms with van der Waals surface area (Å²) >= 11 is 0. The van der Waals surface area contributed by atoms with Gasteiger partial charge in [0.05, 0.1) is 6.54 Å². The van der Waals surface area contributed by atoms with E-state index in [2.05, 4.69) is 22.9 Å². The van der Waals surface area contributed by atoms with Crippen LogP contribution in [0.1, 0.15) is 33.1 Å². The van der Waals surface area contributed by atoms with Gasteiger partial charge in [0.1, 0.15) is 0 Å². The third-order valence-electron chi connectivity index (χ3n) is 3.61. The molecule has 2 amide bonds. The summed E-state index contributed by atoms with van der Waals surface area (Å²) in [5.74, 6) is 0.214. The Balaban J connectivity index is 1.78. The van der Waals surface area contributed by atoms with Gasteiger partial charge in [-0.3, -0.25) is 9.59 Å². The molecule has 0 bridgehead atoms. The van der Waals surface area contributed by atoms with Crippen molar-refractivity contribution >= 4 is 23.2 Å². The van der Waals surface area contributed by atoms with Crippen molar-refractivity contribution in [2.24, 2.45) is 5.92 Å². The van der Waals surface area contributed by atoms with E-state index in [-0.39, 0.29) is 17.7 Å². The summed E-state index contributed by atoms with van der Waals surface area (Å²) in [6.07, 6.45) is 2.97. The van der Waals surface area contributed by atoms with Crippen molar-refractivity contribution in [3.8, 4) is 0 Å². The summed E-state index contributed by atoms with van der Waals surface area (Å²) in [4.78, 5) is 23.4. The van der Waals surface area contributed by atoms with E-state index in [1.807, 2.05) is 6.92 Å². The average molecular weight is 289 g/mol. The first-order chi connectivity index (χ1) is 10.1. The number of amides is 2. The summed E-state index contributed by atoms with van der Waals surface area (Å²) in [5.41, 5.74) is 1.50. The van der Waals surface area contributed by atoms with Crippen LogP contribution in [-0.2, 0) is 9.59 Å². The zero-order valence-corrected chi connectivity index (χ0v) is 12.6. The highest BCUT2D eigenvalue weighted by atomic mass is 16.2. The number of carbonyl (C=O) groups excluding carboxylic acids is 2. The Hall–Kier alpha value is -1.88. The van der Waals surface area contributed by atoms with Gasteiger partial charge in [-0.1, -0.05) is 6.92 Å². The lowest BCUT2D eigenvalue weighted by molar-refractivity contribution is -0.117. The normalized spacial score (nSPS) is 15.3. The minimum atomic E-state index is -0.0648. The van der Waals surface area contributed by atoms with E-state index in [1.54, 1.807) is 24.3 Å². The first-order valence-corrected chi connectivity index (χ1v) is 7.52. The van der Waals surface area contributed by atoms with Crippen molar-refractivity contribution in [1.29, 1.82) is 0 Å². The average Bonchev–Trinajstić information content (AvgIpc) is 3.31. The molecule has 1 aliphatic rings. The Bertz CT molecular complexity index is 495. The van der Waals surface area contributed by atoms with Crippen LogP contribution in [0.5, 0.6) is 0 Å². The number of carbonyl (C=O) groups is 2. The van der Waals surface area contributed by atoms with E-state index in [1.165, 1.54) is 0 Å². The maximum Gasteiger partial charge on any atom is 0.238 e. The molecule has 1 fully saturated rings. The first-order valence-electron chi connectivity index (χ1n) is 7.52. The highest BCUT2D eigenvalue weighted by Crippen LogP contribution is 2.30. The van der Waals surface area contributed by atoms with Crippen molar-refractivity contribution in [2.45, 2.75) is 39.2 Å². The summed E-state index contributed by atoms with van der Waals surface area (Å²) in [5, 5.41) is 8.83. The summed E-state index contributed by atoms with van der Waals surface area (Å²) < 4.78 is 0. The van der Waals surface area contributed by atoms with Crippen molar-refractivity contribution in [1.82, 2.24) is 5.32 Å². The van der Waals surface area contributed by atoms with Crippen molar-refractivity contribution in [3.63, 3.8) is 0 Å². The van der Waals surface area contributed by atoms with E-state index in [9.17, 15) is 9.59 Å². The Morgan fingerprint density at radius 3 is 2.24 bits per heavy atom. The second kappa shape index (κ2) is 7.22. The molecule has 0 radical (unpaired) electrons. The van der Waals surface area contributed by atoms with Gasteiger partial charge < -0.3 is 16.0 Å². The third kappa shape index (κ3) is 5.19. The monoisotopic (exact) mass is 289 g/mol. The number of benzene rings is 1. The van der Waals surface area contributed by atoms with E-state index in [0.717, 1.165) is 30.6 Å². The smallest absolute Gasteiger partial charge is 0.238 e. The van der Waals surface area contributed by atoms with Gasteiger partial charge >= 0.3 is 0 Å². The van der Waals surface area contributed by atoms with Gasteiger partial charge in [0.2, 0.25) is 11.8 Å². The molecule has 1 aliphatic carbocycles. The van der Waals surface area contributed by atoms with Gasteiger partial charge in [-0.2, -0.15) is 0 Å². The highest BCUT2D eigenvalue weighted by Gasteiger charge is 2.29. The molecule has 21 heavy (non-hydrogen) atoms. The second-order valence-corrected chi connectivity index (χ2v) is 5.58. The van der Waals surface area contributed by atoms with Gasteiger partial charge in [-0.05, 0) is 50.5 Å². The summed E-state index contributed by atoms with van der Waals surface area (Å²) in [7, 11) is 0. The molecule has 5 heteroatoms. The Morgan fingerprint density at radius 1 is 1.14 bits per heavy atom. The molecule has 0 aliphatic heterocycles. The largest absolute Gasteiger partial charge is 0.326 e. The molecule has 1 aromatic carbocycles. The molecule has 114 valence electrons. The summed E-state index contributed by atoms with van der Waals surface area (Å²) in [6, 6.07) is 7.53. The Labute approximate surface area is 125 Å². The van der Waals surface area contributed by atoms with Gasteiger partial charge in [-0.25, -0.2) is 0 Å². The van der Waals surface area contributed by atoms with Crippen LogP contribution in [0.15, 0.2) is 24.3 Å². The minimum absolute atomic E-state index is 0.0648. The number of nitrogens with one attached hydrogen (secondary N) is 3. The predicted octanol–water partition coefficient (Wildman–Crippen LogP) is 2.36. The first kappa shape index (κ1) is 15.5. The SMILES string of the molecule is CCC(C)NCC(=O)Nc1ccc(NC(=O)C2CC2)cc1. The molecule has 0 aromatic heterocycles. The molecule has 0 saturated heterocycles. The Morgan fingerprint density at radius 2 is 1.71 bits per heavy atom. The van der Waals surface area contributed by atoms with Crippen LogP contribution in [0.3, 0.4) is 0 Å². The topological polar surface area (TPSA) is 70.2 Å². The number of hydrogen-bond acceptors (Lipinski definition) is 3. The molecule has 0 spiro atoms. The fourth-order valence-electron chi connectivity index (χ4n) is 1.84. The predicted molar refractivity (Wildman–Crippen MR) is 84.2 cm³/mol. The molecular formula is C16H23N3O2. The van der Waals surface area contributed by atoms with Crippen LogP contribution in [0.2, 0.25) is 0 Å². The molecule has 1 aromatic rings. The summed E-state index contributed by atoms with van der Waals surface area (Å²) in [6.45, 7) is 4.42. The molecule has 0 heterocycles. The molecule has 1 unspecified atom stereocenters. The zero-order chi connectivity index (χ0) is 15.2. The molecule has 2 rings (SSSR count). The van der Waals surface area contributed by atoms with E-state index >= 15 is 0 Å². The van der Waals surface area contributed by atoms with E-state index in [4.69, 9.17) is 0 Å². The lowest BCUT2D eigenvalue weighted by Crippen LogP contribution is -2.33. The number of hydrogen-bond donors (Lipinski definition) is 3. The number of rotatable bonds is 7. The maximum absolute atomic E-state index is 11.7. The molecule has 5 nitrogen and oxygen atoms in total. The lowest BCUT2D eigenvalue weighted by atomic mass is 10.2. The van der Waals surface area contributed by atoms with Crippen molar-refractivity contribution < 1.29 is 9.59 Å². The van der Waals surface area contributed by atoms with Gasteiger partial charge in [0.25, 0.3) is 0 Å². The highest BCUT2D eigenvalue weighted by molar-refractivity contribution is 5.95. The van der Waals surface area contributed by atoms with Crippen LogP contribution < -0.4 is 16.0 Å². The van der Waals surface area contributed by atoms with E-state index < -0.39 is 0 Å². The van der Waals surface area contributed by atoms with E-state index in [0.29, 0.717) is 12.6 Å². The quantitative estimate of drug-likeness (QED) is 0.721. The molecule has 1 atom stereocenters. The lowest BCUT2D eigenvalue weighted by Gasteiger charge is -2.11. The van der Waals surface area contributed by atoms with Crippen molar-refractivity contribution in [3.05, 3.63) is 24.3 Å². The van der Waals surface area contributed by atoms with Gasteiger partial charge in [-0.15, -0.1) is 0 Å². The maximum atomic E-state index is 11.7.